The lowest BCUT2D eigenvalue weighted by Crippen LogP contribution is -2.37. The van der Waals surface area contributed by atoms with Crippen LogP contribution in [0.5, 0.6) is 5.75 Å². The average molecular weight is 323 g/mol. The molecule has 0 aromatic heterocycles. The van der Waals surface area contributed by atoms with Gasteiger partial charge in [-0.15, -0.1) is 0 Å². The maximum Gasteiger partial charge on any atom is 0.422 e. The van der Waals surface area contributed by atoms with E-state index in [0.29, 0.717) is 5.56 Å². The Morgan fingerprint density at radius 2 is 2.00 bits per heavy atom. The SMILES string of the molecule is O=C1[N]CC(c2ccccc2OCC(F)C(F)C(F)(F)F)N1. The number of amides is 2. The zero-order chi connectivity index (χ0) is 16.3. The number of ether oxygens (including phenoxy) is 1. The molecule has 1 aliphatic heterocycles. The highest BCUT2D eigenvalue weighted by molar-refractivity contribution is 5.76. The molecule has 2 amide bonds. The fourth-order valence-electron chi connectivity index (χ4n) is 1.95. The van der Waals surface area contributed by atoms with Crippen molar-refractivity contribution in [3.05, 3.63) is 29.8 Å². The molecule has 1 aromatic rings. The highest BCUT2D eigenvalue weighted by atomic mass is 19.4. The van der Waals surface area contributed by atoms with Crippen molar-refractivity contribution in [3.8, 4) is 5.75 Å². The van der Waals surface area contributed by atoms with Gasteiger partial charge in [-0.3, -0.25) is 0 Å². The second-order valence-electron chi connectivity index (χ2n) is 4.65. The largest absolute Gasteiger partial charge is 0.490 e. The summed E-state index contributed by atoms with van der Waals surface area (Å²) in [6, 6.07) is 5.07. The van der Waals surface area contributed by atoms with E-state index in [0.717, 1.165) is 0 Å². The average Bonchev–Trinajstić information content (AvgIpc) is 2.89. The van der Waals surface area contributed by atoms with Crippen LogP contribution in [0.25, 0.3) is 0 Å². The monoisotopic (exact) mass is 323 g/mol. The fraction of sp³-hybridized carbons (Fsp3) is 0.462. The summed E-state index contributed by atoms with van der Waals surface area (Å²) in [7, 11) is 0. The number of nitrogens with zero attached hydrogens (tertiary/aromatic N) is 1. The second-order valence-corrected chi connectivity index (χ2v) is 4.65. The minimum absolute atomic E-state index is 0.0712. The number of rotatable bonds is 5. The van der Waals surface area contributed by atoms with E-state index in [1.807, 2.05) is 0 Å². The molecule has 1 saturated heterocycles. The lowest BCUT2D eigenvalue weighted by atomic mass is 10.1. The molecule has 3 unspecified atom stereocenters. The predicted molar refractivity (Wildman–Crippen MR) is 66.1 cm³/mol. The Labute approximate surface area is 122 Å². The van der Waals surface area contributed by atoms with Crippen LogP contribution in [0.15, 0.2) is 24.3 Å². The molecule has 1 aromatic carbocycles. The van der Waals surface area contributed by atoms with Crippen molar-refractivity contribution in [2.24, 2.45) is 0 Å². The molecular weight excluding hydrogens is 311 g/mol. The quantitative estimate of drug-likeness (QED) is 0.847. The minimum atomic E-state index is -5.28. The molecule has 1 N–H and O–H groups in total. The summed E-state index contributed by atoms with van der Waals surface area (Å²) in [6.45, 7) is -0.956. The molecule has 1 fully saturated rings. The zero-order valence-corrected chi connectivity index (χ0v) is 11.1. The van der Waals surface area contributed by atoms with E-state index in [9.17, 15) is 26.7 Å². The van der Waals surface area contributed by atoms with Gasteiger partial charge in [0.25, 0.3) is 0 Å². The Morgan fingerprint density at radius 3 is 2.59 bits per heavy atom. The summed E-state index contributed by atoms with van der Waals surface area (Å²) in [5, 5.41) is 6.11. The smallest absolute Gasteiger partial charge is 0.422 e. The molecule has 1 heterocycles. The number of carbonyl (C=O) groups excluding carboxylic acids is 1. The predicted octanol–water partition coefficient (Wildman–Crippen LogP) is 2.67. The molecule has 0 bridgehead atoms. The van der Waals surface area contributed by atoms with Crippen LogP contribution < -0.4 is 15.4 Å². The number of carbonyl (C=O) groups is 1. The van der Waals surface area contributed by atoms with E-state index in [-0.39, 0.29) is 12.3 Å². The van der Waals surface area contributed by atoms with Crippen LogP contribution in [0.3, 0.4) is 0 Å². The van der Waals surface area contributed by atoms with E-state index >= 15 is 0 Å². The van der Waals surface area contributed by atoms with Crippen molar-refractivity contribution in [3.63, 3.8) is 0 Å². The van der Waals surface area contributed by atoms with Crippen LogP contribution in [0.1, 0.15) is 11.6 Å². The first-order valence-corrected chi connectivity index (χ1v) is 6.33. The van der Waals surface area contributed by atoms with Crippen LogP contribution in [-0.4, -0.2) is 37.7 Å². The Kier molecular flexibility index (Phi) is 4.72. The highest BCUT2D eigenvalue weighted by Gasteiger charge is 2.46. The van der Waals surface area contributed by atoms with Gasteiger partial charge < -0.3 is 10.1 Å². The summed E-state index contributed by atoms with van der Waals surface area (Å²) < 4.78 is 67.2. The normalized spacial score (nSPS) is 21.0. The van der Waals surface area contributed by atoms with Crippen LogP contribution in [0, 0.1) is 0 Å². The molecule has 1 aliphatic rings. The molecule has 3 atom stereocenters. The lowest BCUT2D eigenvalue weighted by molar-refractivity contribution is -0.198. The van der Waals surface area contributed by atoms with E-state index in [1.54, 1.807) is 12.1 Å². The van der Waals surface area contributed by atoms with Gasteiger partial charge in [0.05, 0.1) is 12.6 Å². The van der Waals surface area contributed by atoms with Gasteiger partial charge in [0, 0.05) is 5.56 Å². The number of halogens is 5. The number of para-hydroxylation sites is 1. The van der Waals surface area contributed by atoms with Crippen LogP contribution in [-0.2, 0) is 0 Å². The van der Waals surface area contributed by atoms with Crippen LogP contribution >= 0.6 is 0 Å². The molecular formula is C13H12F5N2O2. The molecule has 22 heavy (non-hydrogen) atoms. The maximum atomic E-state index is 13.2. The van der Waals surface area contributed by atoms with Crippen LogP contribution in [0.4, 0.5) is 26.7 Å². The molecule has 121 valence electrons. The topological polar surface area (TPSA) is 52.4 Å². The summed E-state index contributed by atoms with van der Waals surface area (Å²) in [5.74, 6) is 0.0712. The van der Waals surface area contributed by atoms with Gasteiger partial charge in [0.2, 0.25) is 6.17 Å². The molecule has 0 spiro atoms. The van der Waals surface area contributed by atoms with Crippen molar-refractivity contribution in [1.29, 1.82) is 0 Å². The zero-order valence-electron chi connectivity index (χ0n) is 11.1. The standard InChI is InChI=1S/C13H12F5N2O2/c14-8(11(15)13(16,17)18)6-22-10-4-2-1-3-7(10)9-5-19-12(21)20-9/h1-4,8-9,11H,5-6H2,(H,20,21). The van der Waals surface area contributed by atoms with Crippen LogP contribution in [0.2, 0.25) is 0 Å². The third-order valence-corrected chi connectivity index (χ3v) is 3.04. The Hall–Kier alpha value is -2.06. The third kappa shape index (κ3) is 3.77. The summed E-state index contributed by atoms with van der Waals surface area (Å²) in [4.78, 5) is 11.1. The number of nitrogens with one attached hydrogen (secondary N) is 1. The first-order chi connectivity index (χ1) is 10.3. The lowest BCUT2D eigenvalue weighted by Gasteiger charge is -2.19. The van der Waals surface area contributed by atoms with Crippen molar-refractivity contribution >= 4 is 6.03 Å². The van der Waals surface area contributed by atoms with Gasteiger partial charge in [-0.2, -0.15) is 13.2 Å². The number of hydrogen-bond acceptors (Lipinski definition) is 2. The van der Waals surface area contributed by atoms with Gasteiger partial charge in [-0.1, -0.05) is 18.2 Å². The van der Waals surface area contributed by atoms with Crippen molar-refractivity contribution in [2.75, 3.05) is 13.2 Å². The summed E-state index contributed by atoms with van der Waals surface area (Å²) in [6.07, 6.45) is -11.7. The second kappa shape index (κ2) is 6.37. The number of urea groups is 1. The Bertz CT molecular complexity index is 537. The molecule has 4 nitrogen and oxygen atoms in total. The van der Waals surface area contributed by atoms with Crippen molar-refractivity contribution in [2.45, 2.75) is 24.6 Å². The van der Waals surface area contributed by atoms with Gasteiger partial charge in [-0.05, 0) is 6.07 Å². The molecule has 1 radical (unpaired) electrons. The van der Waals surface area contributed by atoms with Gasteiger partial charge >= 0.3 is 12.2 Å². The molecule has 0 aliphatic carbocycles. The highest BCUT2D eigenvalue weighted by Crippen LogP contribution is 2.29. The van der Waals surface area contributed by atoms with E-state index < -0.39 is 37.2 Å². The van der Waals surface area contributed by atoms with Crippen molar-refractivity contribution in [1.82, 2.24) is 10.6 Å². The van der Waals surface area contributed by atoms with E-state index in [1.165, 1.54) is 12.1 Å². The van der Waals surface area contributed by atoms with Gasteiger partial charge in [0.1, 0.15) is 12.4 Å². The van der Waals surface area contributed by atoms with Crippen molar-refractivity contribution < 1.29 is 31.5 Å². The number of benzene rings is 1. The number of hydrogen-bond donors (Lipinski definition) is 1. The Balaban J connectivity index is 2.03. The molecule has 9 heteroatoms. The maximum absolute atomic E-state index is 13.2. The third-order valence-electron chi connectivity index (χ3n) is 3.04. The minimum Gasteiger partial charge on any atom is -0.490 e. The summed E-state index contributed by atoms with van der Waals surface area (Å²) in [5.41, 5.74) is 0.437. The first kappa shape index (κ1) is 16.3. The molecule has 0 saturated carbocycles. The number of alkyl halides is 5. The first-order valence-electron chi connectivity index (χ1n) is 6.33. The van der Waals surface area contributed by atoms with Gasteiger partial charge in [-0.25, -0.2) is 18.9 Å². The Morgan fingerprint density at radius 1 is 1.32 bits per heavy atom. The summed E-state index contributed by atoms with van der Waals surface area (Å²) >= 11 is 0. The molecule has 2 rings (SSSR count). The van der Waals surface area contributed by atoms with Gasteiger partial charge in [0.15, 0.2) is 6.17 Å². The van der Waals surface area contributed by atoms with E-state index in [2.05, 4.69) is 10.6 Å². The fourth-order valence-corrected chi connectivity index (χ4v) is 1.95. The van der Waals surface area contributed by atoms with E-state index in [4.69, 9.17) is 4.74 Å².